The molecule has 0 bridgehead atoms. The lowest BCUT2D eigenvalue weighted by Crippen LogP contribution is -2.31. The molecule has 0 spiro atoms. The Balaban J connectivity index is 2.07. The summed E-state index contributed by atoms with van der Waals surface area (Å²) >= 11 is 6.39. The predicted molar refractivity (Wildman–Crippen MR) is 86.9 cm³/mol. The number of alkyl halides is 1. The number of hydrogen-bond donors (Lipinski definition) is 0. The van der Waals surface area contributed by atoms with Crippen LogP contribution in [0.2, 0.25) is 0 Å². The summed E-state index contributed by atoms with van der Waals surface area (Å²) < 4.78 is 7.84. The van der Waals surface area contributed by atoms with Crippen LogP contribution in [0.25, 0.3) is 11.0 Å². The zero-order valence-electron chi connectivity index (χ0n) is 13.0. The monoisotopic (exact) mass is 306 g/mol. The van der Waals surface area contributed by atoms with Crippen LogP contribution in [-0.2, 0) is 11.3 Å². The van der Waals surface area contributed by atoms with Gasteiger partial charge in [0.05, 0.1) is 16.4 Å². The number of imidazole rings is 1. The third-order valence-electron chi connectivity index (χ3n) is 4.61. The minimum absolute atomic E-state index is 0.0831. The normalized spacial score (nSPS) is 19.8. The summed E-state index contributed by atoms with van der Waals surface area (Å²) in [6.45, 7) is 9.13. The molecule has 3 nitrogen and oxygen atoms in total. The van der Waals surface area contributed by atoms with Crippen molar-refractivity contribution in [3.05, 3.63) is 29.6 Å². The number of hydrogen-bond acceptors (Lipinski definition) is 2. The smallest absolute Gasteiger partial charge is 0.127 e. The Morgan fingerprint density at radius 2 is 2.10 bits per heavy atom. The van der Waals surface area contributed by atoms with Gasteiger partial charge in [-0.2, -0.15) is 0 Å². The van der Waals surface area contributed by atoms with E-state index in [1.807, 2.05) is 6.92 Å². The third-order valence-corrected chi connectivity index (χ3v) is 4.80. The van der Waals surface area contributed by atoms with Crippen LogP contribution in [0.15, 0.2) is 18.2 Å². The molecule has 3 rings (SSSR count). The Morgan fingerprint density at radius 3 is 2.76 bits per heavy atom. The SMILES string of the molecule is Cc1cccc2c1nc(C(C)Cl)n2CC1(C)CCOCC1. The van der Waals surface area contributed by atoms with E-state index in [9.17, 15) is 0 Å². The molecule has 114 valence electrons. The van der Waals surface area contributed by atoms with Crippen molar-refractivity contribution in [1.82, 2.24) is 9.55 Å². The minimum Gasteiger partial charge on any atom is -0.381 e. The Bertz CT molecular complexity index is 642. The lowest BCUT2D eigenvalue weighted by molar-refractivity contribution is 0.0157. The van der Waals surface area contributed by atoms with Crippen molar-refractivity contribution >= 4 is 22.6 Å². The van der Waals surface area contributed by atoms with E-state index in [0.29, 0.717) is 0 Å². The standard InChI is InChI=1S/C17H23ClN2O/c1-12-5-4-6-14-15(12)19-16(13(2)18)20(14)11-17(3)7-9-21-10-8-17/h4-6,13H,7-11H2,1-3H3. The van der Waals surface area contributed by atoms with E-state index in [-0.39, 0.29) is 10.8 Å². The van der Waals surface area contributed by atoms with Gasteiger partial charge >= 0.3 is 0 Å². The number of fused-ring (bicyclic) bond motifs is 1. The maximum absolute atomic E-state index is 6.39. The highest BCUT2D eigenvalue weighted by atomic mass is 35.5. The molecule has 2 aromatic rings. The van der Waals surface area contributed by atoms with Gasteiger partial charge in [0.25, 0.3) is 0 Å². The van der Waals surface area contributed by atoms with Crippen molar-refractivity contribution in [3.8, 4) is 0 Å². The quantitative estimate of drug-likeness (QED) is 0.783. The molecule has 0 N–H and O–H groups in total. The maximum Gasteiger partial charge on any atom is 0.127 e. The summed E-state index contributed by atoms with van der Waals surface area (Å²) in [5.74, 6) is 0.980. The molecule has 4 heteroatoms. The number of halogens is 1. The molecule has 0 saturated carbocycles. The summed E-state index contributed by atoms with van der Waals surface area (Å²) in [6, 6.07) is 6.37. The summed E-state index contributed by atoms with van der Waals surface area (Å²) in [7, 11) is 0. The second-order valence-corrected chi connectivity index (χ2v) is 7.19. The van der Waals surface area contributed by atoms with E-state index in [0.717, 1.165) is 43.9 Å². The number of rotatable bonds is 3. The molecule has 1 aliphatic heterocycles. The van der Waals surface area contributed by atoms with Crippen molar-refractivity contribution in [1.29, 1.82) is 0 Å². The van der Waals surface area contributed by atoms with Crippen LogP contribution in [0.5, 0.6) is 0 Å². The van der Waals surface area contributed by atoms with Crippen LogP contribution in [-0.4, -0.2) is 22.8 Å². The van der Waals surface area contributed by atoms with Gasteiger partial charge in [-0.1, -0.05) is 19.1 Å². The number of aromatic nitrogens is 2. The van der Waals surface area contributed by atoms with Crippen molar-refractivity contribution in [2.24, 2.45) is 5.41 Å². The Kier molecular flexibility index (Phi) is 3.98. The van der Waals surface area contributed by atoms with E-state index in [4.69, 9.17) is 21.3 Å². The van der Waals surface area contributed by atoms with Gasteiger partial charge in [0.15, 0.2) is 0 Å². The Morgan fingerprint density at radius 1 is 1.38 bits per heavy atom. The largest absolute Gasteiger partial charge is 0.381 e. The highest BCUT2D eigenvalue weighted by molar-refractivity contribution is 6.20. The van der Waals surface area contributed by atoms with Gasteiger partial charge in [-0.25, -0.2) is 4.98 Å². The van der Waals surface area contributed by atoms with Crippen molar-refractivity contribution in [2.75, 3.05) is 13.2 Å². The molecule has 21 heavy (non-hydrogen) atoms. The fourth-order valence-corrected chi connectivity index (χ4v) is 3.35. The van der Waals surface area contributed by atoms with Crippen LogP contribution >= 0.6 is 11.6 Å². The summed E-state index contributed by atoms with van der Waals surface area (Å²) in [5.41, 5.74) is 3.75. The van der Waals surface area contributed by atoms with Gasteiger partial charge in [-0.3, -0.25) is 0 Å². The average molecular weight is 307 g/mol. The minimum atomic E-state index is -0.0831. The van der Waals surface area contributed by atoms with E-state index >= 15 is 0 Å². The van der Waals surface area contributed by atoms with Gasteiger partial charge < -0.3 is 9.30 Å². The van der Waals surface area contributed by atoms with Crippen LogP contribution in [0.3, 0.4) is 0 Å². The van der Waals surface area contributed by atoms with Gasteiger partial charge in [0.2, 0.25) is 0 Å². The molecule has 0 amide bonds. The zero-order chi connectivity index (χ0) is 15.0. The first-order chi connectivity index (χ1) is 10.0. The molecule has 1 unspecified atom stereocenters. The highest BCUT2D eigenvalue weighted by Gasteiger charge is 2.30. The van der Waals surface area contributed by atoms with E-state index in [2.05, 4.69) is 36.6 Å². The molecule has 0 radical (unpaired) electrons. The van der Waals surface area contributed by atoms with Crippen LogP contribution in [0.4, 0.5) is 0 Å². The molecule has 2 heterocycles. The first kappa shape index (κ1) is 14.9. The summed E-state index contributed by atoms with van der Waals surface area (Å²) in [4.78, 5) is 4.81. The second kappa shape index (κ2) is 5.62. The average Bonchev–Trinajstić information content (AvgIpc) is 2.80. The molecule has 1 fully saturated rings. The van der Waals surface area contributed by atoms with Crippen molar-refractivity contribution in [3.63, 3.8) is 0 Å². The Hall–Kier alpha value is -1.06. The number of benzene rings is 1. The number of ether oxygens (including phenoxy) is 1. The van der Waals surface area contributed by atoms with Gasteiger partial charge in [-0.05, 0) is 43.7 Å². The van der Waals surface area contributed by atoms with Crippen molar-refractivity contribution < 1.29 is 4.74 Å². The number of aryl methyl sites for hydroxylation is 1. The lowest BCUT2D eigenvalue weighted by atomic mass is 9.82. The number of para-hydroxylation sites is 1. The highest BCUT2D eigenvalue weighted by Crippen LogP contribution is 2.35. The first-order valence-electron chi connectivity index (χ1n) is 7.68. The molecule has 1 aromatic carbocycles. The molecular formula is C17H23ClN2O. The van der Waals surface area contributed by atoms with Crippen molar-refractivity contribution in [2.45, 2.75) is 45.5 Å². The predicted octanol–water partition coefficient (Wildman–Crippen LogP) is 4.46. The topological polar surface area (TPSA) is 27.1 Å². The van der Waals surface area contributed by atoms with Gasteiger partial charge in [-0.15, -0.1) is 11.6 Å². The molecule has 0 aliphatic carbocycles. The molecule has 1 aliphatic rings. The van der Waals surface area contributed by atoms with Crippen LogP contribution in [0, 0.1) is 12.3 Å². The van der Waals surface area contributed by atoms with Gasteiger partial charge in [0, 0.05) is 19.8 Å². The van der Waals surface area contributed by atoms with Crippen LogP contribution in [0.1, 0.15) is 43.5 Å². The number of nitrogens with zero attached hydrogens (tertiary/aromatic N) is 2. The lowest BCUT2D eigenvalue weighted by Gasteiger charge is -2.34. The van der Waals surface area contributed by atoms with E-state index < -0.39 is 0 Å². The molecular weight excluding hydrogens is 284 g/mol. The Labute approximate surface area is 131 Å². The third kappa shape index (κ3) is 2.82. The van der Waals surface area contributed by atoms with E-state index in [1.165, 1.54) is 11.1 Å². The van der Waals surface area contributed by atoms with E-state index in [1.54, 1.807) is 0 Å². The summed E-state index contributed by atoms with van der Waals surface area (Å²) in [5, 5.41) is -0.0831. The zero-order valence-corrected chi connectivity index (χ0v) is 13.8. The van der Waals surface area contributed by atoms with Crippen LogP contribution < -0.4 is 0 Å². The first-order valence-corrected chi connectivity index (χ1v) is 8.11. The second-order valence-electron chi connectivity index (χ2n) is 6.54. The molecule has 1 saturated heterocycles. The fourth-order valence-electron chi connectivity index (χ4n) is 3.18. The molecule has 1 aromatic heterocycles. The summed E-state index contributed by atoms with van der Waals surface area (Å²) in [6.07, 6.45) is 2.18. The van der Waals surface area contributed by atoms with Gasteiger partial charge in [0.1, 0.15) is 5.82 Å². The maximum atomic E-state index is 6.39. The molecule has 1 atom stereocenters. The fraction of sp³-hybridized carbons (Fsp3) is 0.588.